The van der Waals surface area contributed by atoms with Gasteiger partial charge in [-0.2, -0.15) is 0 Å². The Morgan fingerprint density at radius 2 is 1.79 bits per heavy atom. The average Bonchev–Trinajstić information content (AvgIpc) is 2.34. The summed E-state index contributed by atoms with van der Waals surface area (Å²) in [5, 5.41) is 8.58. The maximum atomic E-state index is 10.5. The van der Waals surface area contributed by atoms with Gasteiger partial charge < -0.3 is 10.0 Å². The molecule has 0 aromatic heterocycles. The van der Waals surface area contributed by atoms with Crippen molar-refractivity contribution in [3.63, 3.8) is 0 Å². The fourth-order valence-corrected chi connectivity index (χ4v) is 1.79. The second-order valence-electron chi connectivity index (χ2n) is 5.92. The Balaban J connectivity index is 2.84. The summed E-state index contributed by atoms with van der Waals surface area (Å²) in [6, 6.07) is 8.31. The summed E-state index contributed by atoms with van der Waals surface area (Å²) in [5.41, 5.74) is 2.23. The molecule has 104 valence electrons. The Hall–Kier alpha value is -1.77. The van der Waals surface area contributed by atoms with E-state index in [1.54, 1.807) is 6.08 Å². The van der Waals surface area contributed by atoms with Crippen LogP contribution in [0.4, 0.5) is 5.69 Å². The second kappa shape index (κ2) is 5.91. The molecule has 1 atom stereocenters. The molecule has 0 aliphatic carbocycles. The normalized spacial score (nSPS) is 13.5. The Morgan fingerprint density at radius 3 is 2.21 bits per heavy atom. The zero-order chi connectivity index (χ0) is 14.6. The summed E-state index contributed by atoms with van der Waals surface area (Å²) < 4.78 is 0. The van der Waals surface area contributed by atoms with Crippen molar-refractivity contribution in [1.29, 1.82) is 0 Å². The molecular weight excluding hydrogens is 238 g/mol. The van der Waals surface area contributed by atoms with Crippen LogP contribution in [0.25, 0.3) is 6.08 Å². The van der Waals surface area contributed by atoms with Gasteiger partial charge in [-0.1, -0.05) is 32.9 Å². The van der Waals surface area contributed by atoms with Crippen molar-refractivity contribution >= 4 is 17.7 Å². The van der Waals surface area contributed by atoms with E-state index in [0.29, 0.717) is 6.04 Å². The van der Waals surface area contributed by atoms with Gasteiger partial charge >= 0.3 is 5.97 Å². The van der Waals surface area contributed by atoms with E-state index in [9.17, 15) is 4.79 Å². The molecule has 0 aliphatic rings. The summed E-state index contributed by atoms with van der Waals surface area (Å²) in [6.07, 6.45) is 2.75. The van der Waals surface area contributed by atoms with Gasteiger partial charge in [-0.05, 0) is 36.1 Å². The van der Waals surface area contributed by atoms with Crippen LogP contribution in [0.2, 0.25) is 0 Å². The lowest BCUT2D eigenvalue weighted by molar-refractivity contribution is -0.131. The summed E-state index contributed by atoms with van der Waals surface area (Å²) in [7, 11) is 2.08. The van der Waals surface area contributed by atoms with Crippen LogP contribution in [-0.4, -0.2) is 24.2 Å². The number of carboxylic acids is 1. The van der Waals surface area contributed by atoms with Gasteiger partial charge in [0, 0.05) is 24.9 Å². The minimum absolute atomic E-state index is 0.205. The third kappa shape index (κ3) is 4.43. The van der Waals surface area contributed by atoms with Crippen LogP contribution in [0.3, 0.4) is 0 Å². The predicted octanol–water partition coefficient (Wildman–Crippen LogP) is 3.66. The second-order valence-corrected chi connectivity index (χ2v) is 5.92. The highest BCUT2D eigenvalue weighted by atomic mass is 16.4. The van der Waals surface area contributed by atoms with Crippen LogP contribution < -0.4 is 4.90 Å². The molecule has 0 spiro atoms. The predicted molar refractivity (Wildman–Crippen MR) is 80.4 cm³/mol. The number of carboxylic acid groups (broad SMARTS) is 1. The molecule has 1 unspecified atom stereocenters. The minimum atomic E-state index is -0.928. The van der Waals surface area contributed by atoms with Crippen molar-refractivity contribution in [2.75, 3.05) is 11.9 Å². The van der Waals surface area contributed by atoms with Crippen LogP contribution in [0.5, 0.6) is 0 Å². The van der Waals surface area contributed by atoms with Gasteiger partial charge in [0.15, 0.2) is 0 Å². The highest BCUT2D eigenvalue weighted by molar-refractivity contribution is 5.85. The van der Waals surface area contributed by atoms with E-state index in [4.69, 9.17) is 5.11 Å². The molecule has 1 aromatic rings. The van der Waals surface area contributed by atoms with Crippen LogP contribution in [0.1, 0.15) is 33.3 Å². The largest absolute Gasteiger partial charge is 0.478 e. The Kier molecular flexibility index (Phi) is 4.76. The first-order chi connectivity index (χ1) is 8.71. The standard InChI is InChI=1S/C16H23NO2/c1-12(16(2,3)4)17(5)14-9-6-13(7-10-14)8-11-15(18)19/h6-12H,1-5H3,(H,18,19)/b11-8+. The third-order valence-corrected chi connectivity index (χ3v) is 3.55. The molecule has 0 fully saturated rings. The summed E-state index contributed by atoms with van der Waals surface area (Å²) >= 11 is 0. The molecule has 0 bridgehead atoms. The number of nitrogens with zero attached hydrogens (tertiary/aromatic N) is 1. The molecule has 0 aliphatic heterocycles. The van der Waals surface area contributed by atoms with Gasteiger partial charge in [-0.15, -0.1) is 0 Å². The molecule has 19 heavy (non-hydrogen) atoms. The zero-order valence-corrected chi connectivity index (χ0v) is 12.3. The van der Waals surface area contributed by atoms with Crippen LogP contribution in [0.15, 0.2) is 30.3 Å². The van der Waals surface area contributed by atoms with Crippen LogP contribution in [-0.2, 0) is 4.79 Å². The van der Waals surface area contributed by atoms with Crippen molar-refractivity contribution in [2.24, 2.45) is 5.41 Å². The highest BCUT2D eigenvalue weighted by Gasteiger charge is 2.23. The fraction of sp³-hybridized carbons (Fsp3) is 0.438. The molecule has 0 amide bonds. The van der Waals surface area contributed by atoms with Crippen LogP contribution in [0, 0.1) is 5.41 Å². The smallest absolute Gasteiger partial charge is 0.328 e. The molecule has 0 saturated heterocycles. The lowest BCUT2D eigenvalue weighted by Gasteiger charge is -2.37. The van der Waals surface area contributed by atoms with Crippen molar-refractivity contribution in [3.05, 3.63) is 35.9 Å². The number of rotatable bonds is 4. The van der Waals surface area contributed by atoms with Gasteiger partial charge in [-0.25, -0.2) is 4.79 Å². The van der Waals surface area contributed by atoms with Gasteiger partial charge in [0.25, 0.3) is 0 Å². The molecule has 0 radical (unpaired) electrons. The number of aliphatic carboxylic acids is 1. The maximum Gasteiger partial charge on any atom is 0.328 e. The van der Waals surface area contributed by atoms with E-state index in [-0.39, 0.29) is 5.41 Å². The van der Waals surface area contributed by atoms with Crippen LogP contribution >= 0.6 is 0 Å². The lowest BCUT2D eigenvalue weighted by Crippen LogP contribution is -2.39. The Bertz CT molecular complexity index is 455. The van der Waals surface area contributed by atoms with Gasteiger partial charge in [-0.3, -0.25) is 0 Å². The molecule has 1 rings (SSSR count). The summed E-state index contributed by atoms with van der Waals surface area (Å²) in [5.74, 6) is -0.928. The van der Waals surface area contributed by atoms with Gasteiger partial charge in [0.05, 0.1) is 0 Å². The van der Waals surface area contributed by atoms with E-state index in [2.05, 4.69) is 39.6 Å². The first-order valence-corrected chi connectivity index (χ1v) is 6.45. The fourth-order valence-electron chi connectivity index (χ4n) is 1.79. The number of carbonyl (C=O) groups is 1. The van der Waals surface area contributed by atoms with Gasteiger partial charge in [0.1, 0.15) is 0 Å². The van der Waals surface area contributed by atoms with Crippen molar-refractivity contribution < 1.29 is 9.90 Å². The monoisotopic (exact) mass is 261 g/mol. The molecule has 3 heteroatoms. The molecule has 1 aromatic carbocycles. The summed E-state index contributed by atoms with van der Waals surface area (Å²) in [6.45, 7) is 8.87. The number of benzene rings is 1. The highest BCUT2D eigenvalue weighted by Crippen LogP contribution is 2.27. The topological polar surface area (TPSA) is 40.5 Å². The lowest BCUT2D eigenvalue weighted by atomic mass is 9.87. The Morgan fingerprint density at radius 1 is 1.26 bits per heavy atom. The van der Waals surface area contributed by atoms with E-state index in [1.165, 1.54) is 0 Å². The van der Waals surface area contributed by atoms with Crippen molar-refractivity contribution in [3.8, 4) is 0 Å². The molecule has 0 saturated carbocycles. The molecule has 0 heterocycles. The average molecular weight is 261 g/mol. The molecule has 3 nitrogen and oxygen atoms in total. The van der Waals surface area contributed by atoms with E-state index in [1.807, 2.05) is 24.3 Å². The first-order valence-electron chi connectivity index (χ1n) is 6.45. The van der Waals surface area contributed by atoms with Crippen molar-refractivity contribution in [2.45, 2.75) is 33.7 Å². The molecule has 1 N–H and O–H groups in total. The molecular formula is C16H23NO2. The maximum absolute atomic E-state index is 10.5. The third-order valence-electron chi connectivity index (χ3n) is 3.55. The van der Waals surface area contributed by atoms with Crippen molar-refractivity contribution in [1.82, 2.24) is 0 Å². The van der Waals surface area contributed by atoms with Gasteiger partial charge in [0.2, 0.25) is 0 Å². The zero-order valence-electron chi connectivity index (χ0n) is 12.3. The van der Waals surface area contributed by atoms with E-state index < -0.39 is 5.97 Å². The Labute approximate surface area is 115 Å². The van der Waals surface area contributed by atoms with E-state index in [0.717, 1.165) is 17.3 Å². The minimum Gasteiger partial charge on any atom is -0.478 e. The summed E-state index contributed by atoms with van der Waals surface area (Å²) in [4.78, 5) is 12.7. The van der Waals surface area contributed by atoms with E-state index >= 15 is 0 Å². The SMILES string of the molecule is CC(N(C)c1ccc(/C=C/C(=O)O)cc1)C(C)(C)C. The number of hydrogen-bond donors (Lipinski definition) is 1. The first kappa shape index (κ1) is 15.3. The number of anilines is 1. The quantitative estimate of drug-likeness (QED) is 0.841. The number of hydrogen-bond acceptors (Lipinski definition) is 2.